The summed E-state index contributed by atoms with van der Waals surface area (Å²) < 4.78 is 5.15. The van der Waals surface area contributed by atoms with Crippen LogP contribution in [0.15, 0.2) is 29.8 Å². The highest BCUT2D eigenvalue weighted by atomic mass is 16.5. The first-order chi connectivity index (χ1) is 10.0. The summed E-state index contributed by atoms with van der Waals surface area (Å²) in [5, 5.41) is 11.7. The van der Waals surface area contributed by atoms with Crippen molar-refractivity contribution in [2.45, 2.75) is 13.3 Å². The van der Waals surface area contributed by atoms with Gasteiger partial charge < -0.3 is 20.1 Å². The van der Waals surface area contributed by atoms with Gasteiger partial charge in [-0.05, 0) is 31.5 Å². The molecule has 6 heteroatoms. The Morgan fingerprint density at radius 1 is 1.38 bits per heavy atom. The fraction of sp³-hybridized carbons (Fsp3) is 0.333. The highest BCUT2D eigenvalue weighted by Gasteiger charge is 2.18. The maximum absolute atomic E-state index is 12.2. The fourth-order valence-electron chi connectivity index (χ4n) is 2.22. The van der Waals surface area contributed by atoms with Crippen molar-refractivity contribution in [2.24, 2.45) is 0 Å². The topological polar surface area (TPSA) is 78.9 Å². The lowest BCUT2D eigenvalue weighted by Crippen LogP contribution is -2.38. The lowest BCUT2D eigenvalue weighted by molar-refractivity contribution is 0.0697. The Hall–Kier alpha value is -2.50. The third-order valence-corrected chi connectivity index (χ3v) is 3.31. The molecular weight excluding hydrogens is 272 g/mol. The number of anilines is 1. The second kappa shape index (κ2) is 6.30. The molecular formula is C15H18N2O4. The molecule has 21 heavy (non-hydrogen) atoms. The van der Waals surface area contributed by atoms with E-state index in [0.717, 1.165) is 12.0 Å². The van der Waals surface area contributed by atoms with E-state index < -0.39 is 5.97 Å². The maximum Gasteiger partial charge on any atom is 0.335 e. The molecule has 2 N–H and O–H groups in total. The van der Waals surface area contributed by atoms with Crippen molar-refractivity contribution in [3.63, 3.8) is 0 Å². The second-order valence-corrected chi connectivity index (χ2v) is 4.91. The van der Waals surface area contributed by atoms with Crippen molar-refractivity contribution in [3.8, 4) is 5.75 Å². The summed E-state index contributed by atoms with van der Waals surface area (Å²) in [5.41, 5.74) is 1.60. The third-order valence-electron chi connectivity index (χ3n) is 3.31. The van der Waals surface area contributed by atoms with Gasteiger partial charge in [-0.2, -0.15) is 0 Å². The predicted octanol–water partition coefficient (Wildman–Crippen LogP) is 2.58. The standard InChI is InChI=1S/C15H18N2O4/c1-10-4-3-7-17(9-10)15(20)16-12-8-11(14(18)19)5-6-13(12)21-2/h4-6,8H,3,7,9H2,1-2H3,(H,16,20)(H,18,19). The van der Waals surface area contributed by atoms with Crippen LogP contribution in [-0.2, 0) is 0 Å². The van der Waals surface area contributed by atoms with Crippen molar-refractivity contribution in [2.75, 3.05) is 25.5 Å². The van der Waals surface area contributed by atoms with E-state index in [9.17, 15) is 9.59 Å². The number of urea groups is 1. The minimum Gasteiger partial charge on any atom is -0.495 e. The number of carboxylic acids is 1. The monoisotopic (exact) mass is 290 g/mol. The number of carbonyl (C=O) groups excluding carboxylic acids is 1. The Balaban J connectivity index is 2.17. The molecule has 0 atom stereocenters. The van der Waals surface area contributed by atoms with E-state index >= 15 is 0 Å². The highest BCUT2D eigenvalue weighted by Crippen LogP contribution is 2.26. The Kier molecular flexibility index (Phi) is 4.47. The molecule has 0 radical (unpaired) electrons. The molecule has 0 saturated carbocycles. The van der Waals surface area contributed by atoms with E-state index in [0.29, 0.717) is 24.5 Å². The summed E-state index contributed by atoms with van der Waals surface area (Å²) in [6.07, 6.45) is 2.93. The van der Waals surface area contributed by atoms with Crippen LogP contribution in [0.2, 0.25) is 0 Å². The van der Waals surface area contributed by atoms with E-state index in [4.69, 9.17) is 9.84 Å². The summed E-state index contributed by atoms with van der Waals surface area (Å²) in [7, 11) is 1.47. The molecule has 2 rings (SSSR count). The first-order valence-electron chi connectivity index (χ1n) is 6.64. The minimum absolute atomic E-state index is 0.0980. The van der Waals surface area contributed by atoms with Gasteiger partial charge in [0.25, 0.3) is 0 Å². The summed E-state index contributed by atoms with van der Waals surface area (Å²) in [5.74, 6) is -0.623. The molecule has 1 heterocycles. The number of ether oxygens (including phenoxy) is 1. The average Bonchev–Trinajstić information content (AvgIpc) is 2.47. The molecule has 112 valence electrons. The van der Waals surface area contributed by atoms with Crippen molar-refractivity contribution in [3.05, 3.63) is 35.4 Å². The molecule has 1 aliphatic heterocycles. The molecule has 0 bridgehead atoms. The Bertz CT molecular complexity index is 595. The zero-order valence-electron chi connectivity index (χ0n) is 12.0. The van der Waals surface area contributed by atoms with Gasteiger partial charge in [0.15, 0.2) is 0 Å². The number of nitrogens with zero attached hydrogens (tertiary/aromatic N) is 1. The summed E-state index contributed by atoms with van der Waals surface area (Å²) in [4.78, 5) is 24.9. The first kappa shape index (κ1) is 14.9. The van der Waals surface area contributed by atoms with Crippen molar-refractivity contribution in [1.29, 1.82) is 0 Å². The third kappa shape index (κ3) is 3.53. The van der Waals surface area contributed by atoms with Crippen LogP contribution in [0.4, 0.5) is 10.5 Å². The number of carboxylic acid groups (broad SMARTS) is 1. The Morgan fingerprint density at radius 3 is 2.76 bits per heavy atom. The van der Waals surface area contributed by atoms with Crippen molar-refractivity contribution >= 4 is 17.7 Å². The SMILES string of the molecule is COc1ccc(C(=O)O)cc1NC(=O)N1CCC=C(C)C1. The zero-order valence-corrected chi connectivity index (χ0v) is 12.0. The van der Waals surface area contributed by atoms with Gasteiger partial charge in [-0.25, -0.2) is 9.59 Å². The lowest BCUT2D eigenvalue weighted by atomic mass is 10.1. The smallest absolute Gasteiger partial charge is 0.335 e. The van der Waals surface area contributed by atoms with E-state index in [1.165, 1.54) is 25.3 Å². The lowest BCUT2D eigenvalue weighted by Gasteiger charge is -2.26. The number of carbonyl (C=O) groups is 2. The zero-order chi connectivity index (χ0) is 15.4. The number of rotatable bonds is 3. The number of nitrogens with one attached hydrogen (secondary N) is 1. The molecule has 2 amide bonds. The van der Waals surface area contributed by atoms with Crippen LogP contribution in [0.1, 0.15) is 23.7 Å². The number of aromatic carboxylic acids is 1. The van der Waals surface area contributed by atoms with Gasteiger partial charge in [-0.15, -0.1) is 0 Å². The van der Waals surface area contributed by atoms with Crippen LogP contribution in [0.25, 0.3) is 0 Å². The van der Waals surface area contributed by atoms with Gasteiger partial charge in [-0.3, -0.25) is 0 Å². The molecule has 0 aliphatic carbocycles. The van der Waals surface area contributed by atoms with Crippen LogP contribution in [-0.4, -0.2) is 42.2 Å². The van der Waals surface area contributed by atoms with Crippen molar-refractivity contribution < 1.29 is 19.4 Å². The van der Waals surface area contributed by atoms with Gasteiger partial charge in [0.1, 0.15) is 5.75 Å². The number of amides is 2. The summed E-state index contributed by atoms with van der Waals surface area (Å²) in [6, 6.07) is 4.10. The summed E-state index contributed by atoms with van der Waals surface area (Å²) >= 11 is 0. The number of hydrogen-bond donors (Lipinski definition) is 2. The molecule has 1 aromatic carbocycles. The van der Waals surface area contributed by atoms with Gasteiger partial charge in [0.2, 0.25) is 0 Å². The first-order valence-corrected chi connectivity index (χ1v) is 6.64. The van der Waals surface area contributed by atoms with E-state index in [-0.39, 0.29) is 11.6 Å². The maximum atomic E-state index is 12.2. The van der Waals surface area contributed by atoms with Crippen LogP contribution >= 0.6 is 0 Å². The molecule has 0 aromatic heterocycles. The molecule has 1 aliphatic rings. The van der Waals surface area contributed by atoms with E-state index in [1.54, 1.807) is 4.90 Å². The normalized spacial score (nSPS) is 14.4. The molecule has 0 fully saturated rings. The van der Waals surface area contributed by atoms with Gasteiger partial charge in [0.05, 0.1) is 18.4 Å². The fourth-order valence-corrected chi connectivity index (χ4v) is 2.22. The second-order valence-electron chi connectivity index (χ2n) is 4.91. The van der Waals surface area contributed by atoms with Crippen LogP contribution in [0.5, 0.6) is 5.75 Å². The molecule has 0 spiro atoms. The van der Waals surface area contributed by atoms with E-state index in [2.05, 4.69) is 11.4 Å². The minimum atomic E-state index is -1.05. The highest BCUT2D eigenvalue weighted by molar-refractivity contribution is 5.95. The molecule has 0 unspecified atom stereocenters. The number of benzene rings is 1. The quantitative estimate of drug-likeness (QED) is 0.839. The van der Waals surface area contributed by atoms with Gasteiger partial charge >= 0.3 is 12.0 Å². The van der Waals surface area contributed by atoms with Crippen LogP contribution in [0, 0.1) is 0 Å². The Labute approximate surface area is 123 Å². The molecule has 1 aromatic rings. The van der Waals surface area contributed by atoms with Crippen LogP contribution < -0.4 is 10.1 Å². The van der Waals surface area contributed by atoms with E-state index in [1.807, 2.05) is 6.92 Å². The largest absolute Gasteiger partial charge is 0.495 e. The van der Waals surface area contributed by atoms with Crippen LogP contribution in [0.3, 0.4) is 0 Å². The molecule has 0 saturated heterocycles. The average molecular weight is 290 g/mol. The number of hydrogen-bond acceptors (Lipinski definition) is 3. The summed E-state index contributed by atoms with van der Waals surface area (Å²) in [6.45, 7) is 3.20. The Morgan fingerprint density at radius 2 is 2.14 bits per heavy atom. The number of methoxy groups -OCH3 is 1. The van der Waals surface area contributed by atoms with Crippen molar-refractivity contribution in [1.82, 2.24) is 4.90 Å². The molecule has 6 nitrogen and oxygen atoms in total. The van der Waals surface area contributed by atoms with Gasteiger partial charge in [-0.1, -0.05) is 11.6 Å². The van der Waals surface area contributed by atoms with Gasteiger partial charge in [0, 0.05) is 13.1 Å². The predicted molar refractivity (Wildman–Crippen MR) is 78.9 cm³/mol.